The van der Waals surface area contributed by atoms with Crippen molar-refractivity contribution in [3.05, 3.63) is 22.7 Å². The Morgan fingerprint density at radius 3 is 2.74 bits per heavy atom. The van der Waals surface area contributed by atoms with Crippen LogP contribution in [0.1, 0.15) is 31.9 Å². The van der Waals surface area contributed by atoms with Crippen molar-refractivity contribution in [3.8, 4) is 11.5 Å². The summed E-state index contributed by atoms with van der Waals surface area (Å²) in [6, 6.07) is 3.51. The average molecular weight is 286 g/mol. The molecular weight excluding hydrogens is 266 g/mol. The molecule has 4 nitrogen and oxygen atoms in total. The average Bonchev–Trinajstić information content (AvgIpc) is 2.45. The molecule has 1 heterocycles. The highest BCUT2D eigenvalue weighted by Crippen LogP contribution is 2.43. The van der Waals surface area contributed by atoms with Gasteiger partial charge >= 0.3 is 0 Å². The van der Waals surface area contributed by atoms with Crippen LogP contribution in [0.5, 0.6) is 11.5 Å². The highest BCUT2D eigenvalue weighted by molar-refractivity contribution is 6.32. The second-order valence-electron chi connectivity index (χ2n) is 5.14. The highest BCUT2D eigenvalue weighted by Gasteiger charge is 2.32. The Morgan fingerprint density at radius 2 is 2.11 bits per heavy atom. The molecule has 0 spiro atoms. The van der Waals surface area contributed by atoms with Crippen molar-refractivity contribution in [3.63, 3.8) is 0 Å². The quantitative estimate of drug-likeness (QED) is 0.892. The minimum absolute atomic E-state index is 0.382. The zero-order valence-electron chi connectivity index (χ0n) is 11.3. The lowest BCUT2D eigenvalue weighted by atomic mass is 9.78. The second-order valence-corrected chi connectivity index (χ2v) is 5.55. The van der Waals surface area contributed by atoms with Gasteiger partial charge in [-0.1, -0.05) is 25.4 Å². The maximum atomic E-state index is 10.5. The molecular formula is C14H20ClNO3. The normalized spacial score (nSPS) is 18.8. The first kappa shape index (κ1) is 14.4. The van der Waals surface area contributed by atoms with Crippen molar-refractivity contribution in [2.75, 3.05) is 19.8 Å². The summed E-state index contributed by atoms with van der Waals surface area (Å²) in [5.41, 5.74) is 6.11. The number of halogens is 1. The summed E-state index contributed by atoms with van der Waals surface area (Å²) in [7, 11) is 0. The summed E-state index contributed by atoms with van der Waals surface area (Å²) in [6.45, 7) is 5.35. The molecule has 1 aliphatic heterocycles. The molecule has 19 heavy (non-hydrogen) atoms. The Hall–Kier alpha value is -0.970. The van der Waals surface area contributed by atoms with Crippen molar-refractivity contribution in [2.24, 2.45) is 11.1 Å². The maximum Gasteiger partial charge on any atom is 0.179 e. The molecule has 5 heteroatoms. The SMILES string of the molecule is CCC(C)(CN)C(O)c1cc(Cl)c2c(c1)OCCO2. The van der Waals surface area contributed by atoms with Crippen LogP contribution in [0.3, 0.4) is 0 Å². The van der Waals surface area contributed by atoms with Gasteiger partial charge in [0.2, 0.25) is 0 Å². The van der Waals surface area contributed by atoms with Crippen LogP contribution in [0.15, 0.2) is 12.1 Å². The summed E-state index contributed by atoms with van der Waals surface area (Å²) in [5, 5.41) is 11.0. The third-order valence-corrected chi connectivity index (χ3v) is 4.15. The first-order valence-corrected chi connectivity index (χ1v) is 6.87. The summed E-state index contributed by atoms with van der Waals surface area (Å²) >= 11 is 6.18. The molecule has 106 valence electrons. The van der Waals surface area contributed by atoms with Gasteiger partial charge in [0.25, 0.3) is 0 Å². The summed E-state index contributed by atoms with van der Waals surface area (Å²) < 4.78 is 11.0. The lowest BCUT2D eigenvalue weighted by Crippen LogP contribution is -2.33. The number of aliphatic hydroxyl groups is 1. The predicted molar refractivity (Wildman–Crippen MR) is 74.9 cm³/mol. The smallest absolute Gasteiger partial charge is 0.179 e. The van der Waals surface area contributed by atoms with Crippen molar-refractivity contribution >= 4 is 11.6 Å². The van der Waals surface area contributed by atoms with E-state index in [-0.39, 0.29) is 5.41 Å². The van der Waals surface area contributed by atoms with Crippen molar-refractivity contribution in [1.82, 2.24) is 0 Å². The van der Waals surface area contributed by atoms with E-state index >= 15 is 0 Å². The topological polar surface area (TPSA) is 64.7 Å². The Balaban J connectivity index is 2.38. The molecule has 0 saturated carbocycles. The van der Waals surface area contributed by atoms with Crippen molar-refractivity contribution in [2.45, 2.75) is 26.4 Å². The number of ether oxygens (including phenoxy) is 2. The van der Waals surface area contributed by atoms with Gasteiger partial charge in [0.15, 0.2) is 11.5 Å². The second kappa shape index (κ2) is 5.57. The van der Waals surface area contributed by atoms with E-state index in [1.807, 2.05) is 13.8 Å². The Bertz CT molecular complexity index is 460. The molecule has 0 fully saturated rings. The van der Waals surface area contributed by atoms with E-state index in [0.29, 0.717) is 41.8 Å². The van der Waals surface area contributed by atoms with E-state index in [4.69, 9.17) is 26.8 Å². The molecule has 0 radical (unpaired) electrons. The van der Waals surface area contributed by atoms with Crippen LogP contribution in [-0.4, -0.2) is 24.9 Å². The zero-order chi connectivity index (χ0) is 14.0. The molecule has 0 bridgehead atoms. The van der Waals surface area contributed by atoms with Crippen molar-refractivity contribution < 1.29 is 14.6 Å². The summed E-state index contributed by atoms with van der Waals surface area (Å²) in [6.07, 6.45) is 0.0901. The predicted octanol–water partition coefficient (Wildman–Crippen LogP) is 2.52. The van der Waals surface area contributed by atoms with Crippen LogP contribution >= 0.6 is 11.6 Å². The van der Waals surface area contributed by atoms with Gasteiger partial charge in [0.1, 0.15) is 13.2 Å². The fraction of sp³-hybridized carbons (Fsp3) is 0.571. The molecule has 2 atom stereocenters. The maximum absolute atomic E-state index is 10.5. The molecule has 0 amide bonds. The largest absolute Gasteiger partial charge is 0.486 e. The molecule has 1 aromatic rings. The molecule has 1 aromatic carbocycles. The fourth-order valence-corrected chi connectivity index (χ4v) is 2.41. The number of aliphatic hydroxyl groups excluding tert-OH is 1. The standard InChI is InChI=1S/C14H20ClNO3/c1-3-14(2,8-16)13(17)9-6-10(15)12-11(7-9)18-4-5-19-12/h6-7,13,17H,3-5,8,16H2,1-2H3. The first-order chi connectivity index (χ1) is 9.01. The minimum Gasteiger partial charge on any atom is -0.486 e. The third-order valence-electron chi connectivity index (χ3n) is 3.87. The lowest BCUT2D eigenvalue weighted by Gasteiger charge is -2.33. The molecule has 0 aromatic heterocycles. The van der Waals surface area contributed by atoms with Gasteiger partial charge in [-0.3, -0.25) is 0 Å². The molecule has 0 aliphatic carbocycles. The Labute approximate surface area is 118 Å². The van der Waals surface area contributed by atoms with Crippen LogP contribution in [0.4, 0.5) is 0 Å². The van der Waals surface area contributed by atoms with E-state index in [1.165, 1.54) is 0 Å². The molecule has 1 aliphatic rings. The van der Waals surface area contributed by atoms with Crippen LogP contribution in [0, 0.1) is 5.41 Å². The Kier molecular flexibility index (Phi) is 4.23. The zero-order valence-corrected chi connectivity index (χ0v) is 12.0. The number of hydrogen-bond donors (Lipinski definition) is 2. The first-order valence-electron chi connectivity index (χ1n) is 6.49. The van der Waals surface area contributed by atoms with Gasteiger partial charge < -0.3 is 20.3 Å². The van der Waals surface area contributed by atoms with Gasteiger partial charge in [-0.2, -0.15) is 0 Å². The van der Waals surface area contributed by atoms with Gasteiger partial charge in [-0.15, -0.1) is 0 Å². The number of hydrogen-bond acceptors (Lipinski definition) is 4. The summed E-state index contributed by atoms with van der Waals surface area (Å²) in [5.74, 6) is 1.14. The van der Waals surface area contributed by atoms with Gasteiger partial charge in [-0.05, 0) is 24.1 Å². The molecule has 2 rings (SSSR count). The monoisotopic (exact) mass is 285 g/mol. The number of rotatable bonds is 4. The van der Waals surface area contributed by atoms with Gasteiger partial charge in [0, 0.05) is 12.0 Å². The number of fused-ring (bicyclic) bond motifs is 1. The Morgan fingerprint density at radius 1 is 1.42 bits per heavy atom. The molecule has 0 saturated heterocycles. The van der Waals surface area contributed by atoms with Gasteiger partial charge in [0.05, 0.1) is 11.1 Å². The van der Waals surface area contributed by atoms with E-state index in [0.717, 1.165) is 6.42 Å². The van der Waals surface area contributed by atoms with Crippen LogP contribution in [-0.2, 0) is 0 Å². The lowest BCUT2D eigenvalue weighted by molar-refractivity contribution is 0.0387. The number of benzene rings is 1. The van der Waals surface area contributed by atoms with Crippen LogP contribution in [0.2, 0.25) is 5.02 Å². The van der Waals surface area contributed by atoms with Gasteiger partial charge in [-0.25, -0.2) is 0 Å². The number of nitrogens with two attached hydrogens (primary N) is 1. The van der Waals surface area contributed by atoms with Crippen LogP contribution in [0.25, 0.3) is 0 Å². The molecule has 3 N–H and O–H groups in total. The van der Waals surface area contributed by atoms with Crippen LogP contribution < -0.4 is 15.2 Å². The fourth-order valence-electron chi connectivity index (χ4n) is 2.14. The third kappa shape index (κ3) is 2.66. The summed E-state index contributed by atoms with van der Waals surface area (Å²) in [4.78, 5) is 0. The molecule has 2 unspecified atom stereocenters. The van der Waals surface area contributed by atoms with Crippen molar-refractivity contribution in [1.29, 1.82) is 0 Å². The van der Waals surface area contributed by atoms with E-state index in [1.54, 1.807) is 12.1 Å². The van der Waals surface area contributed by atoms with E-state index < -0.39 is 6.10 Å². The highest BCUT2D eigenvalue weighted by atomic mass is 35.5. The minimum atomic E-state index is -0.684. The van der Waals surface area contributed by atoms with E-state index in [9.17, 15) is 5.11 Å². The van der Waals surface area contributed by atoms with E-state index in [2.05, 4.69) is 0 Å².